The van der Waals surface area contributed by atoms with Gasteiger partial charge in [0.2, 0.25) is 10.0 Å². The number of aryl methyl sites for hydroxylation is 2. The normalized spacial score (nSPS) is 15.0. The minimum absolute atomic E-state index is 0.231. The van der Waals surface area contributed by atoms with Gasteiger partial charge in [0.1, 0.15) is 0 Å². The van der Waals surface area contributed by atoms with Gasteiger partial charge in [0.15, 0.2) is 5.11 Å². The molecule has 30 heavy (non-hydrogen) atoms. The molecule has 1 fully saturated rings. The lowest BCUT2D eigenvalue weighted by molar-refractivity contribution is 0.0977. The number of hydrogen-bond donors (Lipinski definition) is 2. The van der Waals surface area contributed by atoms with Crippen molar-refractivity contribution >= 4 is 44.6 Å². The fourth-order valence-electron chi connectivity index (χ4n) is 3.43. The van der Waals surface area contributed by atoms with Gasteiger partial charge in [0, 0.05) is 43.1 Å². The Kier molecular flexibility index (Phi) is 6.74. The van der Waals surface area contributed by atoms with Crippen LogP contribution in [0.2, 0.25) is 0 Å². The monoisotopic (exact) mass is 446 g/mol. The van der Waals surface area contributed by atoms with Crippen LogP contribution in [0.25, 0.3) is 0 Å². The van der Waals surface area contributed by atoms with Crippen molar-refractivity contribution in [2.75, 3.05) is 42.7 Å². The standard InChI is InChI=1S/C21H26N4O3S2/c1-15-4-9-19(16(2)14-15)20(26)23-21(29)22-17-5-7-18(8-6-17)24-10-12-25(13-11-24)30(3,27)28/h4-9,14H,10-13H2,1-3H3,(H2,22,23,26,29). The summed E-state index contributed by atoms with van der Waals surface area (Å²) in [5.74, 6) is -0.245. The Morgan fingerprint density at radius 3 is 2.20 bits per heavy atom. The number of thiocarbonyl (C=S) groups is 1. The van der Waals surface area contributed by atoms with Crippen molar-refractivity contribution in [3.8, 4) is 0 Å². The van der Waals surface area contributed by atoms with Gasteiger partial charge in [-0.25, -0.2) is 8.42 Å². The highest BCUT2D eigenvalue weighted by Crippen LogP contribution is 2.20. The fourth-order valence-corrected chi connectivity index (χ4v) is 4.47. The molecule has 7 nitrogen and oxygen atoms in total. The van der Waals surface area contributed by atoms with Crippen molar-refractivity contribution in [3.05, 3.63) is 59.2 Å². The Hall–Kier alpha value is -2.49. The lowest BCUT2D eigenvalue weighted by Gasteiger charge is -2.34. The minimum atomic E-state index is -3.14. The second-order valence-electron chi connectivity index (χ2n) is 7.42. The molecule has 1 amide bonds. The third-order valence-electron chi connectivity index (χ3n) is 5.05. The van der Waals surface area contributed by atoms with Crippen LogP contribution in [-0.4, -0.2) is 56.2 Å². The number of anilines is 2. The van der Waals surface area contributed by atoms with E-state index in [1.165, 1.54) is 10.6 Å². The molecule has 0 saturated carbocycles. The van der Waals surface area contributed by atoms with Crippen molar-refractivity contribution in [1.29, 1.82) is 0 Å². The molecule has 160 valence electrons. The average molecular weight is 447 g/mol. The first-order valence-electron chi connectivity index (χ1n) is 9.63. The topological polar surface area (TPSA) is 81.8 Å². The van der Waals surface area contributed by atoms with Gasteiger partial charge in [-0.3, -0.25) is 10.1 Å². The summed E-state index contributed by atoms with van der Waals surface area (Å²) < 4.78 is 24.8. The van der Waals surface area contributed by atoms with Crippen LogP contribution in [0.5, 0.6) is 0 Å². The van der Waals surface area contributed by atoms with Crippen molar-refractivity contribution in [1.82, 2.24) is 9.62 Å². The quantitative estimate of drug-likeness (QED) is 0.703. The van der Waals surface area contributed by atoms with Crippen molar-refractivity contribution in [2.45, 2.75) is 13.8 Å². The summed E-state index contributed by atoms with van der Waals surface area (Å²) in [6.07, 6.45) is 1.24. The lowest BCUT2D eigenvalue weighted by atomic mass is 10.1. The number of rotatable bonds is 4. The first kappa shape index (κ1) is 22.2. The van der Waals surface area contributed by atoms with Crippen LogP contribution >= 0.6 is 12.2 Å². The molecular formula is C21H26N4O3S2. The van der Waals surface area contributed by atoms with Crippen molar-refractivity contribution < 1.29 is 13.2 Å². The molecule has 1 aliphatic rings. The number of sulfonamides is 1. The molecule has 0 atom stereocenters. The highest BCUT2D eigenvalue weighted by Gasteiger charge is 2.23. The van der Waals surface area contributed by atoms with Gasteiger partial charge >= 0.3 is 0 Å². The maximum atomic E-state index is 12.4. The summed E-state index contributed by atoms with van der Waals surface area (Å²) in [7, 11) is -3.14. The molecule has 0 radical (unpaired) electrons. The number of amides is 1. The zero-order valence-electron chi connectivity index (χ0n) is 17.3. The maximum Gasteiger partial charge on any atom is 0.257 e. The number of benzene rings is 2. The molecule has 1 saturated heterocycles. The zero-order valence-corrected chi connectivity index (χ0v) is 18.9. The maximum absolute atomic E-state index is 12.4. The number of nitrogens with one attached hydrogen (secondary N) is 2. The summed E-state index contributed by atoms with van der Waals surface area (Å²) in [6.45, 7) is 6.12. The zero-order chi connectivity index (χ0) is 21.9. The SMILES string of the molecule is Cc1ccc(C(=O)NC(=S)Nc2ccc(N3CCN(S(C)(=O)=O)CC3)cc2)c(C)c1. The predicted octanol–water partition coefficient (Wildman–Crippen LogP) is 2.51. The highest BCUT2D eigenvalue weighted by atomic mass is 32.2. The van der Waals surface area contributed by atoms with E-state index in [-0.39, 0.29) is 11.0 Å². The summed E-state index contributed by atoms with van der Waals surface area (Å²) in [5.41, 5.74) is 4.37. The Bertz CT molecular complexity index is 1040. The molecule has 2 aromatic carbocycles. The van der Waals surface area contributed by atoms with Gasteiger partial charge in [-0.2, -0.15) is 4.31 Å². The molecule has 2 N–H and O–H groups in total. The van der Waals surface area contributed by atoms with E-state index in [0.29, 0.717) is 31.7 Å². The van der Waals surface area contributed by atoms with E-state index in [4.69, 9.17) is 12.2 Å². The van der Waals surface area contributed by atoms with Gasteiger partial charge < -0.3 is 10.2 Å². The molecule has 0 aliphatic carbocycles. The molecule has 1 heterocycles. The molecule has 0 bridgehead atoms. The largest absolute Gasteiger partial charge is 0.369 e. The summed E-state index contributed by atoms with van der Waals surface area (Å²) >= 11 is 5.27. The Morgan fingerprint density at radius 2 is 1.63 bits per heavy atom. The van der Waals surface area contributed by atoms with E-state index in [1.807, 2.05) is 50.2 Å². The fraction of sp³-hybridized carbons (Fsp3) is 0.333. The molecule has 0 unspecified atom stereocenters. The highest BCUT2D eigenvalue weighted by molar-refractivity contribution is 7.88. The summed E-state index contributed by atoms with van der Waals surface area (Å²) in [6, 6.07) is 13.3. The van der Waals surface area contributed by atoms with Crippen LogP contribution in [0.1, 0.15) is 21.5 Å². The third-order valence-corrected chi connectivity index (χ3v) is 6.56. The Labute approximate surface area is 183 Å². The Morgan fingerprint density at radius 1 is 1.00 bits per heavy atom. The van der Waals surface area contributed by atoms with E-state index in [2.05, 4.69) is 15.5 Å². The molecule has 0 spiro atoms. The number of hydrogen-bond acceptors (Lipinski definition) is 5. The number of carbonyl (C=O) groups excluding carboxylic acids is 1. The second-order valence-corrected chi connectivity index (χ2v) is 9.81. The number of piperazine rings is 1. The summed E-state index contributed by atoms with van der Waals surface area (Å²) in [4.78, 5) is 14.6. The molecule has 0 aromatic heterocycles. The number of carbonyl (C=O) groups is 1. The smallest absolute Gasteiger partial charge is 0.257 e. The van der Waals surface area contributed by atoms with E-state index >= 15 is 0 Å². The average Bonchev–Trinajstić information content (AvgIpc) is 2.68. The molecule has 2 aromatic rings. The minimum Gasteiger partial charge on any atom is -0.369 e. The van der Waals surface area contributed by atoms with E-state index in [1.54, 1.807) is 6.07 Å². The van der Waals surface area contributed by atoms with Crippen LogP contribution < -0.4 is 15.5 Å². The molecule has 3 rings (SSSR count). The van der Waals surface area contributed by atoms with E-state index < -0.39 is 10.0 Å². The van der Waals surface area contributed by atoms with Crippen LogP contribution in [-0.2, 0) is 10.0 Å². The second kappa shape index (κ2) is 9.11. The van der Waals surface area contributed by atoms with Gasteiger partial charge in [0.05, 0.1) is 6.26 Å². The van der Waals surface area contributed by atoms with E-state index in [9.17, 15) is 13.2 Å². The van der Waals surface area contributed by atoms with Crippen LogP contribution in [0.3, 0.4) is 0 Å². The predicted molar refractivity (Wildman–Crippen MR) is 125 cm³/mol. The summed E-state index contributed by atoms with van der Waals surface area (Å²) in [5, 5.41) is 5.97. The first-order chi connectivity index (χ1) is 14.1. The lowest BCUT2D eigenvalue weighted by Crippen LogP contribution is -2.48. The van der Waals surface area contributed by atoms with Crippen LogP contribution in [0, 0.1) is 13.8 Å². The van der Waals surface area contributed by atoms with Gasteiger partial charge in [-0.15, -0.1) is 0 Å². The number of nitrogens with zero attached hydrogens (tertiary/aromatic N) is 2. The van der Waals surface area contributed by atoms with Crippen molar-refractivity contribution in [2.24, 2.45) is 0 Å². The first-order valence-corrected chi connectivity index (χ1v) is 11.9. The van der Waals surface area contributed by atoms with Crippen LogP contribution in [0.15, 0.2) is 42.5 Å². The molecule has 1 aliphatic heterocycles. The van der Waals surface area contributed by atoms with Gasteiger partial charge in [0.25, 0.3) is 5.91 Å². The molecule has 9 heteroatoms. The Balaban J connectivity index is 1.55. The van der Waals surface area contributed by atoms with Gasteiger partial charge in [-0.05, 0) is 62.0 Å². The van der Waals surface area contributed by atoms with Crippen molar-refractivity contribution in [3.63, 3.8) is 0 Å². The van der Waals surface area contributed by atoms with E-state index in [0.717, 1.165) is 22.5 Å². The van der Waals surface area contributed by atoms with Crippen LogP contribution in [0.4, 0.5) is 11.4 Å². The molecular weight excluding hydrogens is 420 g/mol. The third kappa shape index (κ3) is 5.56. The van der Waals surface area contributed by atoms with Gasteiger partial charge in [-0.1, -0.05) is 17.7 Å².